The first kappa shape index (κ1) is 17.7. The highest BCUT2D eigenvalue weighted by Crippen LogP contribution is 2.35. The maximum Gasteiger partial charge on any atom is 0.223 e. The molecule has 2 fully saturated rings. The van der Waals surface area contributed by atoms with E-state index in [1.165, 1.54) is 44.9 Å². The summed E-state index contributed by atoms with van der Waals surface area (Å²) >= 11 is 0. The van der Waals surface area contributed by atoms with E-state index in [4.69, 9.17) is 9.47 Å². The number of ether oxygens (including phenoxy) is 2. The van der Waals surface area contributed by atoms with Crippen molar-refractivity contribution in [1.29, 1.82) is 0 Å². The second-order valence-corrected chi connectivity index (χ2v) is 8.03. The van der Waals surface area contributed by atoms with Crippen LogP contribution in [0.1, 0.15) is 63.4 Å². The fourth-order valence-electron chi connectivity index (χ4n) is 4.87. The average molecular weight is 357 g/mol. The first-order valence-electron chi connectivity index (χ1n) is 10.5. The topological polar surface area (TPSA) is 38.8 Å². The van der Waals surface area contributed by atoms with E-state index in [2.05, 4.69) is 17.0 Å². The Morgan fingerprint density at radius 1 is 0.962 bits per heavy atom. The Morgan fingerprint density at radius 3 is 2.62 bits per heavy atom. The van der Waals surface area contributed by atoms with E-state index >= 15 is 0 Å². The van der Waals surface area contributed by atoms with Crippen LogP contribution in [0.5, 0.6) is 11.5 Å². The minimum absolute atomic E-state index is 0.338. The molecule has 1 saturated carbocycles. The summed E-state index contributed by atoms with van der Waals surface area (Å²) in [6.45, 7) is 2.37. The summed E-state index contributed by atoms with van der Waals surface area (Å²) in [5.41, 5.74) is 1.16. The van der Waals surface area contributed by atoms with Gasteiger partial charge in [0.1, 0.15) is 0 Å². The number of benzene rings is 1. The van der Waals surface area contributed by atoms with Crippen LogP contribution >= 0.6 is 0 Å². The third-order valence-electron chi connectivity index (χ3n) is 6.25. The zero-order valence-electron chi connectivity index (χ0n) is 15.8. The largest absolute Gasteiger partial charge is 0.490 e. The molecule has 2 heterocycles. The van der Waals surface area contributed by atoms with Gasteiger partial charge in [-0.1, -0.05) is 25.3 Å². The Bertz CT molecular complexity index is 624. The third-order valence-corrected chi connectivity index (χ3v) is 6.25. The normalized spacial score (nSPS) is 23.7. The van der Waals surface area contributed by atoms with Crippen LogP contribution < -0.4 is 9.47 Å². The Balaban J connectivity index is 1.35. The van der Waals surface area contributed by atoms with E-state index in [0.29, 0.717) is 31.6 Å². The molecule has 0 spiro atoms. The fourth-order valence-corrected chi connectivity index (χ4v) is 4.87. The summed E-state index contributed by atoms with van der Waals surface area (Å²) in [5, 5.41) is 0. The van der Waals surface area contributed by atoms with Crippen LogP contribution in [-0.4, -0.2) is 36.6 Å². The monoisotopic (exact) mass is 357 g/mol. The number of hydrogen-bond donors (Lipinski definition) is 0. The van der Waals surface area contributed by atoms with Crippen molar-refractivity contribution in [2.45, 2.75) is 70.3 Å². The second kappa shape index (κ2) is 8.32. The predicted molar refractivity (Wildman–Crippen MR) is 102 cm³/mol. The number of amides is 1. The van der Waals surface area contributed by atoms with Crippen molar-refractivity contribution in [3.63, 3.8) is 0 Å². The zero-order valence-corrected chi connectivity index (χ0v) is 15.8. The highest BCUT2D eigenvalue weighted by molar-refractivity contribution is 5.77. The molecule has 0 bridgehead atoms. The van der Waals surface area contributed by atoms with Gasteiger partial charge in [0.25, 0.3) is 0 Å². The van der Waals surface area contributed by atoms with Gasteiger partial charge in [0.05, 0.1) is 13.2 Å². The molecule has 4 rings (SSSR count). The molecule has 1 aromatic rings. The number of nitrogens with zero attached hydrogens (tertiary/aromatic N) is 1. The Kier molecular flexibility index (Phi) is 5.66. The minimum Gasteiger partial charge on any atom is -0.490 e. The molecule has 1 unspecified atom stereocenters. The molecule has 1 amide bonds. The molecule has 0 aromatic heterocycles. The first-order valence-corrected chi connectivity index (χ1v) is 10.5. The lowest BCUT2D eigenvalue weighted by atomic mass is 9.83. The summed E-state index contributed by atoms with van der Waals surface area (Å²) in [6, 6.07) is 6.62. The van der Waals surface area contributed by atoms with Gasteiger partial charge in [-0.2, -0.15) is 0 Å². The minimum atomic E-state index is 0.338. The molecule has 2 aliphatic heterocycles. The highest BCUT2D eigenvalue weighted by atomic mass is 16.5. The molecule has 1 aromatic carbocycles. The number of aryl methyl sites for hydroxylation is 1. The summed E-state index contributed by atoms with van der Waals surface area (Å²) in [7, 11) is 0. The predicted octanol–water partition coefficient (Wildman–Crippen LogP) is 4.35. The van der Waals surface area contributed by atoms with Crippen molar-refractivity contribution in [2.24, 2.45) is 5.92 Å². The van der Waals surface area contributed by atoms with E-state index in [-0.39, 0.29) is 0 Å². The molecular weight excluding hydrogens is 326 g/mol. The molecule has 1 aliphatic carbocycles. The molecule has 0 radical (unpaired) electrons. The van der Waals surface area contributed by atoms with Crippen LogP contribution in [0.15, 0.2) is 18.2 Å². The molecule has 3 aliphatic rings. The van der Waals surface area contributed by atoms with Crippen molar-refractivity contribution >= 4 is 5.91 Å². The van der Waals surface area contributed by atoms with Crippen LogP contribution in [0, 0.1) is 5.92 Å². The van der Waals surface area contributed by atoms with Gasteiger partial charge < -0.3 is 14.4 Å². The Hall–Kier alpha value is -1.71. The number of fused-ring (bicyclic) bond motifs is 1. The fraction of sp³-hybridized carbons (Fsp3) is 0.682. The van der Waals surface area contributed by atoms with E-state index in [9.17, 15) is 4.79 Å². The van der Waals surface area contributed by atoms with Crippen molar-refractivity contribution in [2.75, 3.05) is 19.8 Å². The number of carbonyl (C=O) groups is 1. The zero-order chi connectivity index (χ0) is 17.8. The number of hydrogen-bond acceptors (Lipinski definition) is 3. The number of carbonyl (C=O) groups excluding carboxylic acids is 1. The number of rotatable bonds is 4. The van der Waals surface area contributed by atoms with Crippen molar-refractivity contribution in [3.8, 4) is 11.5 Å². The molecule has 4 nitrogen and oxygen atoms in total. The maximum absolute atomic E-state index is 12.9. The highest BCUT2D eigenvalue weighted by Gasteiger charge is 2.34. The molecule has 142 valence electrons. The lowest BCUT2D eigenvalue weighted by molar-refractivity contribution is -0.133. The molecule has 1 saturated heterocycles. The third kappa shape index (κ3) is 3.99. The van der Waals surface area contributed by atoms with E-state index in [0.717, 1.165) is 42.4 Å². The van der Waals surface area contributed by atoms with Gasteiger partial charge in [-0.15, -0.1) is 0 Å². The second-order valence-electron chi connectivity index (χ2n) is 8.03. The van der Waals surface area contributed by atoms with Gasteiger partial charge in [0.15, 0.2) is 11.5 Å². The lowest BCUT2D eigenvalue weighted by Gasteiger charge is -2.34. The molecule has 0 N–H and O–H groups in total. The van der Waals surface area contributed by atoms with Crippen molar-refractivity contribution in [1.82, 2.24) is 4.90 Å². The molecule has 4 heteroatoms. The van der Waals surface area contributed by atoms with Crippen molar-refractivity contribution in [3.05, 3.63) is 23.8 Å². The van der Waals surface area contributed by atoms with Crippen LogP contribution in [0.25, 0.3) is 0 Å². The van der Waals surface area contributed by atoms with Gasteiger partial charge in [-0.05, 0) is 55.7 Å². The van der Waals surface area contributed by atoms with E-state index in [1.54, 1.807) is 0 Å². The molecule has 26 heavy (non-hydrogen) atoms. The van der Waals surface area contributed by atoms with E-state index in [1.807, 2.05) is 6.07 Å². The van der Waals surface area contributed by atoms with Gasteiger partial charge in [0, 0.05) is 25.4 Å². The average Bonchev–Trinajstić information content (AvgIpc) is 3.06. The summed E-state index contributed by atoms with van der Waals surface area (Å²) in [5.74, 6) is 2.74. The molecule has 1 atom stereocenters. The maximum atomic E-state index is 12.9. The van der Waals surface area contributed by atoms with Crippen LogP contribution in [-0.2, 0) is 11.2 Å². The summed E-state index contributed by atoms with van der Waals surface area (Å²) < 4.78 is 11.5. The SMILES string of the molecule is O=C(CCc1ccc2c(c1)OCCCO2)N1CCCC1C1CCCCC1. The standard InChI is InChI=1S/C22H31NO3/c24-22(23-13-4-8-19(23)18-6-2-1-3-7-18)12-10-17-9-11-20-21(16-17)26-15-5-14-25-20/h9,11,16,18-19H,1-8,10,12-15H2. The Labute approximate surface area is 156 Å². The van der Waals surface area contributed by atoms with Gasteiger partial charge in [0.2, 0.25) is 5.91 Å². The molecular formula is C22H31NO3. The van der Waals surface area contributed by atoms with Crippen LogP contribution in [0.4, 0.5) is 0 Å². The smallest absolute Gasteiger partial charge is 0.223 e. The first-order chi connectivity index (χ1) is 12.8. The van der Waals surface area contributed by atoms with Gasteiger partial charge in [-0.3, -0.25) is 4.79 Å². The quantitative estimate of drug-likeness (QED) is 0.804. The number of likely N-dealkylation sites (tertiary alicyclic amines) is 1. The van der Waals surface area contributed by atoms with Crippen LogP contribution in [0.3, 0.4) is 0 Å². The van der Waals surface area contributed by atoms with Gasteiger partial charge in [-0.25, -0.2) is 0 Å². The van der Waals surface area contributed by atoms with Gasteiger partial charge >= 0.3 is 0 Å². The lowest BCUT2D eigenvalue weighted by Crippen LogP contribution is -2.40. The summed E-state index contributed by atoms with van der Waals surface area (Å²) in [6.07, 6.45) is 11.4. The Morgan fingerprint density at radius 2 is 1.77 bits per heavy atom. The van der Waals surface area contributed by atoms with Crippen LogP contribution in [0.2, 0.25) is 0 Å². The summed E-state index contributed by atoms with van der Waals surface area (Å²) in [4.78, 5) is 15.1. The van der Waals surface area contributed by atoms with E-state index < -0.39 is 0 Å². The van der Waals surface area contributed by atoms with Crippen molar-refractivity contribution < 1.29 is 14.3 Å².